The van der Waals surface area contributed by atoms with Crippen molar-refractivity contribution >= 4 is 253 Å². The van der Waals surface area contributed by atoms with Crippen molar-refractivity contribution in [3.63, 3.8) is 0 Å². The fraction of sp³-hybridized carbons (Fsp3) is 0.543. The minimum atomic E-state index is -3.70. The highest BCUT2D eigenvalue weighted by molar-refractivity contribution is 9.42. The van der Waals surface area contributed by atoms with Crippen LogP contribution in [0.15, 0.2) is 70.9 Å². The van der Waals surface area contributed by atoms with Gasteiger partial charge >= 0.3 is 11.9 Å². The lowest BCUT2D eigenvalue weighted by molar-refractivity contribution is -0.135. The Labute approximate surface area is 502 Å². The number of tetrazole rings is 1. The Hall–Kier alpha value is 8.11. The summed E-state index contributed by atoms with van der Waals surface area (Å²) in [5.74, 6) is 1.08. The Kier molecular flexibility index (Phi) is 54.5. The van der Waals surface area contributed by atoms with Crippen molar-refractivity contribution in [1.29, 1.82) is 0 Å². The highest BCUT2D eigenvalue weighted by Gasteiger charge is 2.49. The average molecular weight is 1570 g/mol. The number of aldehydes is 1. The molecule has 1 aromatic heterocycles. The number of esters is 2. The molecule has 0 bridgehead atoms. The first-order chi connectivity index (χ1) is 34.8. The first-order valence-electron chi connectivity index (χ1n) is 22.1. The van der Waals surface area contributed by atoms with E-state index in [0.29, 0.717) is 29.0 Å². The van der Waals surface area contributed by atoms with Crippen LogP contribution in [0.25, 0.3) is 5.69 Å². The first-order valence-corrected chi connectivity index (χ1v) is 74.0. The molecule has 0 aliphatic rings. The second-order valence-electron chi connectivity index (χ2n) is 15.9. The third kappa shape index (κ3) is 35.3. The third-order valence-electron chi connectivity index (χ3n) is 10.1. The maximum absolute atomic E-state index is 12.4. The highest BCUT2D eigenvalue weighted by atomic mass is 33.5. The van der Waals surface area contributed by atoms with E-state index in [0.717, 1.165) is 24.7 Å². The summed E-state index contributed by atoms with van der Waals surface area (Å²) in [5.41, 5.74) is 2.18. The van der Waals surface area contributed by atoms with E-state index in [9.17, 15) is 22.8 Å². The van der Waals surface area contributed by atoms with Gasteiger partial charge in [0.1, 0.15) is 6.29 Å². The molecule has 0 radical (unpaired) electrons. The molecule has 0 saturated heterocycles. The topological polar surface area (TPSA) is 147 Å². The summed E-state index contributed by atoms with van der Waals surface area (Å²) < 4.78 is 35.1. The summed E-state index contributed by atoms with van der Waals surface area (Å²) in [4.78, 5) is 32.2. The lowest BCUT2D eigenvalue weighted by Crippen LogP contribution is -2.14. The Morgan fingerprint density at radius 2 is 1.04 bits per heavy atom. The summed E-state index contributed by atoms with van der Waals surface area (Å²) in [7, 11) is 47.9. The zero-order valence-corrected chi connectivity index (χ0v) is 73.9. The number of methoxy groups -OCH3 is 2. The number of benzene rings is 1. The number of aromatic nitrogens is 4. The van der Waals surface area contributed by atoms with Gasteiger partial charge in [0.05, 0.1) is 25.7 Å². The van der Waals surface area contributed by atoms with Gasteiger partial charge in [0.2, 0.25) is 9.84 Å². The zero-order chi connectivity index (χ0) is 58.5. The molecule has 0 saturated carbocycles. The van der Waals surface area contributed by atoms with Gasteiger partial charge in [-0.2, -0.15) is 4.68 Å². The molecule has 432 valence electrons. The maximum atomic E-state index is 12.4. The van der Waals surface area contributed by atoms with Gasteiger partial charge in [-0.05, 0) is 158 Å². The molecular formula is C35H84N4O7P28S. The molecule has 0 fully saturated rings. The molecule has 0 amide bonds. The molecule has 0 aliphatic heterocycles. The van der Waals surface area contributed by atoms with Crippen molar-refractivity contribution in [2.75, 3.05) is 20.0 Å². The van der Waals surface area contributed by atoms with Crippen LogP contribution in [0.4, 0.5) is 0 Å². The standard InChI is InChI=1S/C14H16N4O4S.C14H24O2.C7H14O.H30P28/c1-11(10-13(19)22-2)8-9-23(20,21)14-15-16-17-18(14)12-6-4-3-5-7-12;1-6-12(3)13(4)9-7-8-11(2)10-14(15)16-5;1-4-6(2)7(3)5-8;1-16(2)23(15)27(24(17(3)4)18(5)6)28(25(19(7)8)20(9)10)26(21(11)12)22(13)14/h3-7,10H,8-9H2,1-2H3;7,9-10,12-13H,6,8H2,1-5H3;5-7H,4H2,1-3H3;1-15H2/b11-10+;9-7+,11-10+;;/t;12-,13-;6-,7-;/m.00./s1. The van der Waals surface area contributed by atoms with Crippen molar-refractivity contribution in [3.05, 3.63) is 65.8 Å². The van der Waals surface area contributed by atoms with Gasteiger partial charge in [0.25, 0.3) is 5.16 Å². The Bertz CT molecular complexity index is 2090. The lowest BCUT2D eigenvalue weighted by atomic mass is 9.93. The highest BCUT2D eigenvalue weighted by Crippen LogP contribution is 3.37. The molecule has 1 aromatic carbocycles. The molecular weight excluding hydrogens is 1490 g/mol. The number of para-hydroxylation sites is 1. The van der Waals surface area contributed by atoms with E-state index in [2.05, 4.69) is 206 Å². The lowest BCUT2D eigenvalue weighted by Gasteiger charge is -2.51. The maximum Gasteiger partial charge on any atom is 0.330 e. The van der Waals surface area contributed by atoms with Gasteiger partial charge in [-0.15, -0.1) is 134 Å². The van der Waals surface area contributed by atoms with Crippen LogP contribution in [-0.2, 0) is 33.7 Å². The van der Waals surface area contributed by atoms with Gasteiger partial charge in [-0.1, -0.05) is 101 Å². The minimum absolute atomic E-state index is 0.00189. The largest absolute Gasteiger partial charge is 0.466 e. The van der Waals surface area contributed by atoms with Crippen molar-refractivity contribution < 1.29 is 32.3 Å². The van der Waals surface area contributed by atoms with Crippen LogP contribution in [0, 0.1) is 23.7 Å². The molecule has 17 unspecified atom stereocenters. The van der Waals surface area contributed by atoms with E-state index in [4.69, 9.17) is 0 Å². The van der Waals surface area contributed by atoms with Crippen LogP contribution >= 0.6 is 225 Å². The summed E-state index contributed by atoms with van der Waals surface area (Å²) in [6, 6.07) is 8.74. The predicted molar refractivity (Wildman–Crippen MR) is 420 cm³/mol. The molecule has 0 N–H and O–H groups in total. The van der Waals surface area contributed by atoms with Gasteiger partial charge in [0.15, 0.2) is 0 Å². The smallest absolute Gasteiger partial charge is 0.330 e. The van der Waals surface area contributed by atoms with E-state index in [1.54, 1.807) is 31.2 Å². The van der Waals surface area contributed by atoms with Gasteiger partial charge in [-0.3, -0.25) is 0 Å². The number of carbonyl (C=O) groups excluding carboxylic acids is 3. The van der Waals surface area contributed by atoms with Crippen LogP contribution in [0.1, 0.15) is 81.1 Å². The van der Waals surface area contributed by atoms with Crippen LogP contribution in [0.2, 0.25) is 0 Å². The summed E-state index contributed by atoms with van der Waals surface area (Å²) >= 11 is 0. The second-order valence-corrected chi connectivity index (χ2v) is 130. The van der Waals surface area contributed by atoms with E-state index in [1.165, 1.54) is 37.5 Å². The number of allylic oxidation sites excluding steroid dienone is 4. The van der Waals surface area contributed by atoms with Crippen LogP contribution in [0.3, 0.4) is 0 Å². The molecule has 2 aromatic rings. The molecule has 11 nitrogen and oxygen atoms in total. The predicted octanol–water partition coefficient (Wildman–Crippen LogP) is 22.6. The molecule has 75 heavy (non-hydrogen) atoms. The zero-order valence-electron chi connectivity index (χ0n) is 44.1. The van der Waals surface area contributed by atoms with E-state index in [1.807, 2.05) is 19.9 Å². The third-order valence-corrected chi connectivity index (χ3v) is 196. The summed E-state index contributed by atoms with van der Waals surface area (Å²) in [5, 5.41) is 10.6. The first kappa shape index (κ1) is 85.2. The number of ether oxygens (including phenoxy) is 2. The number of nitrogens with zero attached hydrogens (tertiary/aromatic N) is 4. The number of carbonyl (C=O) groups is 3. The fourth-order valence-electron chi connectivity index (χ4n) is 5.13. The average Bonchev–Trinajstić information content (AvgIpc) is 3.85. The molecule has 0 aliphatic carbocycles. The van der Waals surface area contributed by atoms with E-state index in [-0.39, 0.29) is 120 Å². The number of hydrogen-bond donors (Lipinski definition) is 0. The molecule has 21 atom stereocenters. The van der Waals surface area contributed by atoms with E-state index >= 15 is 0 Å². The molecule has 0 spiro atoms. The number of rotatable bonds is 27. The van der Waals surface area contributed by atoms with Gasteiger partial charge in [0, 0.05) is 18.1 Å². The Morgan fingerprint density at radius 3 is 1.41 bits per heavy atom. The van der Waals surface area contributed by atoms with Gasteiger partial charge < -0.3 is 14.3 Å². The van der Waals surface area contributed by atoms with Gasteiger partial charge in [-0.25, -0.2) is 18.0 Å². The number of sulfone groups is 1. The monoisotopic (exact) mass is 1570 g/mol. The second kappa shape index (κ2) is 48.0. The van der Waals surface area contributed by atoms with Crippen molar-refractivity contribution in [1.82, 2.24) is 20.2 Å². The SMILES string of the molecule is CC[C@H](C)[C@@H](C)/C=C/C/C(C)=C/C(=O)OC.CC[C@H](C)[C@@H](C)C=O.COC(=O)/C=C(\C)CCS(=O)(=O)c1nnnn1-c1ccccc1.PP(P)P(P)P(P(P(P)P)P(P)P)P(P(P(P)P)P(P)P)P(P(P)P)P(P)P. The Balaban J connectivity index is 0. The molecule has 1 heterocycles. The minimum Gasteiger partial charge on any atom is -0.466 e. The Morgan fingerprint density at radius 1 is 0.627 bits per heavy atom. The van der Waals surface area contributed by atoms with Crippen LogP contribution in [-0.4, -0.2) is 66.8 Å². The quantitative estimate of drug-likeness (QED) is 0.0278. The van der Waals surface area contributed by atoms with Crippen LogP contribution in [0.5, 0.6) is 0 Å². The normalized spacial score (nSPS) is 15.0. The van der Waals surface area contributed by atoms with E-state index < -0.39 is 15.8 Å². The molecule has 2 rings (SSSR count). The summed E-state index contributed by atoms with van der Waals surface area (Å²) in [6.45, 7) is 16.4. The van der Waals surface area contributed by atoms with Crippen molar-refractivity contribution in [2.24, 2.45) is 23.7 Å². The van der Waals surface area contributed by atoms with Crippen molar-refractivity contribution in [3.8, 4) is 5.69 Å². The number of hydrogen-bond acceptors (Lipinski definition) is 10. The van der Waals surface area contributed by atoms with Crippen LogP contribution < -0.4 is 0 Å². The summed E-state index contributed by atoms with van der Waals surface area (Å²) in [6.07, 6.45) is 11.5. The van der Waals surface area contributed by atoms with Crippen molar-refractivity contribution in [2.45, 2.75) is 86.2 Å². The fourth-order valence-corrected chi connectivity index (χ4v) is 358. The molecule has 40 heteroatoms.